The zero-order chi connectivity index (χ0) is 16.6. The summed E-state index contributed by atoms with van der Waals surface area (Å²) in [6, 6.07) is 5.96. The van der Waals surface area contributed by atoms with Gasteiger partial charge in [-0.05, 0) is 11.1 Å². The molecule has 0 fully saturated rings. The van der Waals surface area contributed by atoms with Crippen molar-refractivity contribution in [3.8, 4) is 0 Å². The number of carbonyl (C=O) groups is 1. The number of benzene rings is 1. The van der Waals surface area contributed by atoms with Crippen LogP contribution in [0, 0.1) is 0 Å². The summed E-state index contributed by atoms with van der Waals surface area (Å²) in [6.07, 6.45) is -4.33. The standard InChI is InChI=1S/C14H19F3N2O3.ClH/c1-21-8-12(18)13(20)19-6-10-2-4-11(5-3-10)7-22-9-14(15,16)17;/h2-5,12H,6-9,18H2,1H3,(H,19,20);1H. The molecule has 0 spiro atoms. The van der Waals surface area contributed by atoms with Gasteiger partial charge in [-0.1, -0.05) is 24.3 Å². The lowest BCUT2D eigenvalue weighted by Gasteiger charge is -2.11. The maximum atomic E-state index is 11.9. The summed E-state index contributed by atoms with van der Waals surface area (Å²) in [5.74, 6) is -0.334. The van der Waals surface area contributed by atoms with Crippen molar-refractivity contribution in [2.24, 2.45) is 5.73 Å². The van der Waals surface area contributed by atoms with Gasteiger partial charge in [0.2, 0.25) is 5.91 Å². The van der Waals surface area contributed by atoms with Crippen LogP contribution in [0.15, 0.2) is 24.3 Å². The van der Waals surface area contributed by atoms with Crippen LogP contribution in [-0.2, 0) is 27.4 Å². The molecule has 1 amide bonds. The monoisotopic (exact) mass is 356 g/mol. The van der Waals surface area contributed by atoms with Gasteiger partial charge in [-0.15, -0.1) is 12.4 Å². The molecule has 1 aromatic rings. The Hall–Kier alpha value is -1.35. The smallest absolute Gasteiger partial charge is 0.383 e. The lowest BCUT2D eigenvalue weighted by atomic mass is 10.1. The average Bonchev–Trinajstić information content (AvgIpc) is 2.45. The number of ether oxygens (including phenoxy) is 2. The summed E-state index contributed by atoms with van der Waals surface area (Å²) in [7, 11) is 1.45. The summed E-state index contributed by atoms with van der Waals surface area (Å²) in [5.41, 5.74) is 6.98. The fraction of sp³-hybridized carbons (Fsp3) is 0.500. The Kier molecular flexibility index (Phi) is 9.82. The number of carbonyl (C=O) groups excluding carboxylic acids is 1. The third-order valence-corrected chi connectivity index (χ3v) is 2.71. The van der Waals surface area contributed by atoms with E-state index in [1.54, 1.807) is 24.3 Å². The molecule has 132 valence electrons. The van der Waals surface area contributed by atoms with Crippen LogP contribution in [0.3, 0.4) is 0 Å². The van der Waals surface area contributed by atoms with Crippen molar-refractivity contribution >= 4 is 18.3 Å². The average molecular weight is 357 g/mol. The molecule has 0 aliphatic rings. The van der Waals surface area contributed by atoms with Gasteiger partial charge in [0.05, 0.1) is 13.2 Å². The van der Waals surface area contributed by atoms with Crippen LogP contribution in [0.2, 0.25) is 0 Å². The number of amides is 1. The predicted molar refractivity (Wildman–Crippen MR) is 81.1 cm³/mol. The highest BCUT2D eigenvalue weighted by atomic mass is 35.5. The molecule has 0 aliphatic heterocycles. The Morgan fingerprint density at radius 3 is 2.35 bits per heavy atom. The lowest BCUT2D eigenvalue weighted by Crippen LogP contribution is -2.43. The Morgan fingerprint density at radius 2 is 1.83 bits per heavy atom. The predicted octanol–water partition coefficient (Wildman–Crippen LogP) is 1.78. The number of hydrogen-bond donors (Lipinski definition) is 2. The first-order chi connectivity index (χ1) is 10.3. The van der Waals surface area contributed by atoms with Crippen LogP contribution in [0.1, 0.15) is 11.1 Å². The molecule has 0 aromatic heterocycles. The molecule has 0 aliphatic carbocycles. The highest BCUT2D eigenvalue weighted by Crippen LogP contribution is 2.15. The van der Waals surface area contributed by atoms with Crippen molar-refractivity contribution in [1.29, 1.82) is 0 Å². The van der Waals surface area contributed by atoms with E-state index in [2.05, 4.69) is 10.1 Å². The van der Waals surface area contributed by atoms with E-state index < -0.39 is 18.8 Å². The largest absolute Gasteiger partial charge is 0.411 e. The van der Waals surface area contributed by atoms with Crippen molar-refractivity contribution < 1.29 is 27.4 Å². The number of rotatable bonds is 8. The number of nitrogens with two attached hydrogens (primary N) is 1. The molecule has 5 nitrogen and oxygen atoms in total. The summed E-state index contributed by atoms with van der Waals surface area (Å²) < 4.78 is 45.1. The van der Waals surface area contributed by atoms with Crippen LogP contribution in [0.5, 0.6) is 0 Å². The second kappa shape index (κ2) is 10.4. The van der Waals surface area contributed by atoms with E-state index in [1.807, 2.05) is 0 Å². The zero-order valence-electron chi connectivity index (χ0n) is 12.6. The third-order valence-electron chi connectivity index (χ3n) is 2.71. The first-order valence-electron chi connectivity index (χ1n) is 6.56. The van der Waals surface area contributed by atoms with Crippen molar-refractivity contribution in [3.63, 3.8) is 0 Å². The molecular weight excluding hydrogens is 337 g/mol. The van der Waals surface area contributed by atoms with Gasteiger partial charge in [0.1, 0.15) is 12.6 Å². The SMILES string of the molecule is COCC(N)C(=O)NCc1ccc(COCC(F)(F)F)cc1.Cl. The summed E-state index contributed by atoms with van der Waals surface area (Å²) in [5, 5.41) is 2.64. The van der Waals surface area contributed by atoms with E-state index in [0.717, 1.165) is 5.56 Å². The van der Waals surface area contributed by atoms with E-state index in [0.29, 0.717) is 5.56 Å². The van der Waals surface area contributed by atoms with Gasteiger partial charge in [-0.3, -0.25) is 4.79 Å². The highest BCUT2D eigenvalue weighted by molar-refractivity contribution is 5.85. The normalized spacial score (nSPS) is 12.4. The molecule has 0 saturated carbocycles. The molecule has 3 N–H and O–H groups in total. The molecule has 1 unspecified atom stereocenters. The topological polar surface area (TPSA) is 73.6 Å². The molecule has 0 bridgehead atoms. The molecule has 1 aromatic carbocycles. The quantitative estimate of drug-likeness (QED) is 0.744. The second-order valence-corrected chi connectivity index (χ2v) is 4.70. The number of hydrogen-bond acceptors (Lipinski definition) is 4. The van der Waals surface area contributed by atoms with E-state index in [4.69, 9.17) is 10.5 Å². The minimum absolute atomic E-state index is 0. The third kappa shape index (κ3) is 9.39. The molecule has 9 heteroatoms. The Balaban J connectivity index is 0.00000484. The molecule has 1 rings (SSSR count). The van der Waals surface area contributed by atoms with Gasteiger partial charge < -0.3 is 20.5 Å². The van der Waals surface area contributed by atoms with Crippen molar-refractivity contribution in [3.05, 3.63) is 35.4 Å². The molecule has 0 saturated heterocycles. The Morgan fingerprint density at radius 1 is 1.26 bits per heavy atom. The summed E-state index contributed by atoms with van der Waals surface area (Å²) in [6.45, 7) is -0.992. The fourth-order valence-corrected chi connectivity index (χ4v) is 1.61. The molecule has 23 heavy (non-hydrogen) atoms. The minimum atomic E-state index is -4.33. The molecule has 1 atom stereocenters. The number of nitrogens with one attached hydrogen (secondary N) is 1. The van der Waals surface area contributed by atoms with Crippen molar-refractivity contribution in [2.45, 2.75) is 25.4 Å². The lowest BCUT2D eigenvalue weighted by molar-refractivity contribution is -0.176. The van der Waals surface area contributed by atoms with E-state index >= 15 is 0 Å². The van der Waals surface area contributed by atoms with Crippen molar-refractivity contribution in [1.82, 2.24) is 5.32 Å². The van der Waals surface area contributed by atoms with Gasteiger partial charge in [-0.25, -0.2) is 0 Å². The molecule has 0 heterocycles. The minimum Gasteiger partial charge on any atom is -0.383 e. The van der Waals surface area contributed by atoms with E-state index in [1.165, 1.54) is 7.11 Å². The maximum absolute atomic E-state index is 11.9. The Labute approximate surface area is 138 Å². The van der Waals surface area contributed by atoms with Crippen LogP contribution < -0.4 is 11.1 Å². The van der Waals surface area contributed by atoms with E-state index in [-0.39, 0.29) is 38.1 Å². The Bertz CT molecular complexity index is 469. The van der Waals surface area contributed by atoms with Crippen LogP contribution in [0.4, 0.5) is 13.2 Å². The highest BCUT2D eigenvalue weighted by Gasteiger charge is 2.27. The van der Waals surface area contributed by atoms with Crippen LogP contribution in [-0.4, -0.2) is 38.4 Å². The first kappa shape index (κ1) is 21.6. The second-order valence-electron chi connectivity index (χ2n) is 4.70. The van der Waals surface area contributed by atoms with Gasteiger partial charge in [-0.2, -0.15) is 13.2 Å². The summed E-state index contributed by atoms with van der Waals surface area (Å²) >= 11 is 0. The number of alkyl halides is 3. The van der Waals surface area contributed by atoms with Gasteiger partial charge >= 0.3 is 6.18 Å². The van der Waals surface area contributed by atoms with Gasteiger partial charge in [0, 0.05) is 13.7 Å². The fourth-order valence-electron chi connectivity index (χ4n) is 1.61. The van der Waals surface area contributed by atoms with Crippen molar-refractivity contribution in [2.75, 3.05) is 20.3 Å². The van der Waals surface area contributed by atoms with E-state index in [9.17, 15) is 18.0 Å². The first-order valence-corrected chi connectivity index (χ1v) is 6.56. The number of methoxy groups -OCH3 is 1. The number of halogens is 4. The summed E-state index contributed by atoms with van der Waals surface area (Å²) in [4.78, 5) is 11.6. The molecule has 0 radical (unpaired) electrons. The van der Waals surface area contributed by atoms with Crippen LogP contribution in [0.25, 0.3) is 0 Å². The maximum Gasteiger partial charge on any atom is 0.411 e. The van der Waals surface area contributed by atoms with Gasteiger partial charge in [0.25, 0.3) is 0 Å². The molecular formula is C14H20ClF3N2O3. The zero-order valence-corrected chi connectivity index (χ0v) is 13.4. The van der Waals surface area contributed by atoms with Gasteiger partial charge in [0.15, 0.2) is 0 Å². The van der Waals surface area contributed by atoms with Crippen LogP contribution >= 0.6 is 12.4 Å².